The summed E-state index contributed by atoms with van der Waals surface area (Å²) in [6.45, 7) is 4.02. The van der Waals surface area contributed by atoms with Crippen molar-refractivity contribution in [2.24, 2.45) is 0 Å². The van der Waals surface area contributed by atoms with E-state index in [4.69, 9.17) is 52.4 Å². The zero-order chi connectivity index (χ0) is 47.7. The number of hydrogen-bond acceptors (Lipinski definition) is 9. The molecule has 0 spiro atoms. The summed E-state index contributed by atoms with van der Waals surface area (Å²) < 4.78 is 27.4. The molecule has 9 nitrogen and oxygen atoms in total. The molecule has 2 aliphatic heterocycles. The third-order valence-electron chi connectivity index (χ3n) is 11.1. The molecular formula is C56H52Cl2O9. The predicted molar refractivity (Wildman–Crippen MR) is 260 cm³/mol. The van der Waals surface area contributed by atoms with Crippen molar-refractivity contribution in [3.63, 3.8) is 0 Å². The first kappa shape index (κ1) is 49.6. The van der Waals surface area contributed by atoms with Gasteiger partial charge in [-0.3, -0.25) is 9.59 Å². The second-order valence-electron chi connectivity index (χ2n) is 15.7. The molecule has 0 saturated carbocycles. The molecule has 6 aromatic rings. The van der Waals surface area contributed by atoms with Gasteiger partial charge in [0, 0.05) is 22.9 Å². The average molecular weight is 940 g/mol. The second-order valence-corrected chi connectivity index (χ2v) is 16.5. The number of esters is 2. The van der Waals surface area contributed by atoms with Gasteiger partial charge >= 0.3 is 11.9 Å². The van der Waals surface area contributed by atoms with E-state index in [1.807, 2.05) is 103 Å². The van der Waals surface area contributed by atoms with Crippen molar-refractivity contribution in [3.8, 4) is 46.7 Å². The molecule has 11 heteroatoms. The number of aliphatic hydroxyl groups is 1. The van der Waals surface area contributed by atoms with Gasteiger partial charge in [-0.25, -0.2) is 0 Å². The molecule has 344 valence electrons. The van der Waals surface area contributed by atoms with E-state index in [1.54, 1.807) is 38.1 Å². The van der Waals surface area contributed by atoms with Crippen LogP contribution in [0.25, 0.3) is 0 Å². The van der Waals surface area contributed by atoms with E-state index in [9.17, 15) is 9.59 Å². The van der Waals surface area contributed by atoms with Crippen molar-refractivity contribution in [2.75, 3.05) is 14.2 Å². The van der Waals surface area contributed by atoms with Gasteiger partial charge in [-0.1, -0.05) is 95.7 Å². The van der Waals surface area contributed by atoms with Crippen LogP contribution in [0.1, 0.15) is 95.2 Å². The summed E-state index contributed by atoms with van der Waals surface area (Å²) in [6.07, 6.45) is 2.16. The van der Waals surface area contributed by atoms with E-state index in [2.05, 4.69) is 34.5 Å². The molecule has 6 aromatic carbocycles. The number of benzene rings is 6. The largest absolute Gasteiger partial charge is 0.508 e. The summed E-state index contributed by atoms with van der Waals surface area (Å²) in [6, 6.07) is 41.9. The Kier molecular flexibility index (Phi) is 18.2. The van der Waals surface area contributed by atoms with E-state index in [0.717, 1.165) is 79.1 Å². The van der Waals surface area contributed by atoms with Crippen LogP contribution in [-0.4, -0.2) is 36.4 Å². The van der Waals surface area contributed by atoms with Crippen LogP contribution >= 0.6 is 23.2 Å². The molecule has 0 unspecified atom stereocenters. The molecule has 0 amide bonds. The average Bonchev–Trinajstić information content (AvgIpc) is 3.98. The fourth-order valence-electron chi connectivity index (χ4n) is 7.54. The molecule has 0 bridgehead atoms. The first-order valence-corrected chi connectivity index (χ1v) is 22.4. The minimum atomic E-state index is -0.291. The lowest BCUT2D eigenvalue weighted by atomic mass is 9.96. The van der Waals surface area contributed by atoms with Crippen LogP contribution in [0.5, 0.6) is 23.0 Å². The third kappa shape index (κ3) is 14.3. The summed E-state index contributed by atoms with van der Waals surface area (Å²) in [7, 11) is 2.74. The number of carbonyl (C=O) groups is 2. The number of carbonyl (C=O) groups excluding carboxylic acids is 2. The summed E-state index contributed by atoms with van der Waals surface area (Å²) in [5, 5.41) is 19.8. The van der Waals surface area contributed by atoms with Gasteiger partial charge in [0.05, 0.1) is 45.5 Å². The number of rotatable bonds is 12. The van der Waals surface area contributed by atoms with Crippen LogP contribution in [-0.2, 0) is 45.1 Å². The Hall–Kier alpha value is -6.88. The second kappa shape index (κ2) is 24.6. The van der Waals surface area contributed by atoms with Crippen molar-refractivity contribution in [3.05, 3.63) is 188 Å². The number of hydrogen-bond donors (Lipinski definition) is 2. The van der Waals surface area contributed by atoms with Gasteiger partial charge in [0.25, 0.3) is 0 Å². The smallest absolute Gasteiger partial charge is 0.307 e. The highest BCUT2D eigenvalue weighted by Gasteiger charge is 2.26. The van der Waals surface area contributed by atoms with Crippen LogP contribution in [0, 0.1) is 23.7 Å². The minimum absolute atomic E-state index is 0.00475. The Bertz CT molecular complexity index is 2710. The molecule has 2 aliphatic rings. The molecule has 0 saturated heterocycles. The van der Waals surface area contributed by atoms with Crippen LogP contribution in [0.3, 0.4) is 0 Å². The van der Waals surface area contributed by atoms with Crippen molar-refractivity contribution in [2.45, 2.75) is 76.8 Å². The number of methoxy groups -OCH3 is 2. The maximum absolute atomic E-state index is 11.7. The molecule has 2 N–H and O–H groups in total. The zero-order valence-electron chi connectivity index (χ0n) is 37.8. The molecule has 0 radical (unpaired) electrons. The monoisotopic (exact) mass is 938 g/mol. The van der Waals surface area contributed by atoms with E-state index < -0.39 is 0 Å². The fraction of sp³-hybridized carbons (Fsp3) is 0.250. The van der Waals surface area contributed by atoms with E-state index >= 15 is 0 Å². The highest BCUT2D eigenvalue weighted by atomic mass is 35.5. The maximum atomic E-state index is 11.7. The molecule has 67 heavy (non-hydrogen) atoms. The topological polar surface area (TPSA) is 121 Å². The van der Waals surface area contributed by atoms with Gasteiger partial charge in [0.15, 0.2) is 0 Å². The van der Waals surface area contributed by atoms with E-state index in [-0.39, 0.29) is 61.2 Å². The van der Waals surface area contributed by atoms with E-state index in [1.165, 1.54) is 19.8 Å². The van der Waals surface area contributed by atoms with Crippen LogP contribution in [0.15, 0.2) is 133 Å². The Morgan fingerprint density at radius 3 is 1.49 bits per heavy atom. The predicted octanol–water partition coefficient (Wildman–Crippen LogP) is 11.8. The molecule has 0 aliphatic carbocycles. The maximum Gasteiger partial charge on any atom is 0.307 e. The lowest BCUT2D eigenvalue weighted by molar-refractivity contribution is -0.141. The first-order chi connectivity index (χ1) is 32.5. The Morgan fingerprint density at radius 2 is 1.06 bits per heavy atom. The molecule has 4 atom stereocenters. The molecular weight excluding hydrogens is 888 g/mol. The Morgan fingerprint density at radius 1 is 0.627 bits per heavy atom. The van der Waals surface area contributed by atoms with Crippen LogP contribution in [0.2, 0.25) is 10.0 Å². The van der Waals surface area contributed by atoms with Crippen molar-refractivity contribution >= 4 is 35.1 Å². The minimum Gasteiger partial charge on any atom is -0.508 e. The first-order valence-electron chi connectivity index (χ1n) is 21.7. The van der Waals surface area contributed by atoms with Crippen molar-refractivity contribution < 1.29 is 43.5 Å². The standard InChI is InChI=1S/C28H25ClO4.C15H13ClO2.C13H14O3/c1-3-4-22(17-28(30)31-2)20-8-12-25(13-9-20)32-18-19-5-14-26-23(15-19)16-27(33-26)21-6-10-24(29)11-7-21;16-13-4-2-11(3-5-13)15-8-12-7-10(9-17)1-6-14(12)18-15;1-3-4-11(9-13(15)16-2)10-5-7-12(14)8-6-10/h5-15,22,27H,16-18H2,1-2H3;1-7,15,17H,8-9H2;5-8,11,14H,9H2,1-2H3/t22-,27-;15-;11-/m000/s1. The number of phenols is 1. The van der Waals surface area contributed by atoms with Gasteiger partial charge in [-0.05, 0) is 131 Å². The summed E-state index contributed by atoms with van der Waals surface area (Å²) in [5.74, 6) is 13.5. The van der Waals surface area contributed by atoms with Crippen molar-refractivity contribution in [1.29, 1.82) is 0 Å². The van der Waals surface area contributed by atoms with E-state index in [0.29, 0.717) is 6.61 Å². The number of fused-ring (bicyclic) bond motifs is 2. The number of halogens is 2. The highest BCUT2D eigenvalue weighted by Crippen LogP contribution is 2.39. The van der Waals surface area contributed by atoms with Gasteiger partial charge in [0.1, 0.15) is 41.8 Å². The quantitative estimate of drug-likeness (QED) is 0.0912. The molecule has 2 heterocycles. The third-order valence-corrected chi connectivity index (χ3v) is 11.6. The summed E-state index contributed by atoms with van der Waals surface area (Å²) in [4.78, 5) is 22.9. The Balaban J connectivity index is 0.000000183. The Labute approximate surface area is 402 Å². The number of phenolic OH excluding ortho intramolecular Hbond substituents is 1. The molecule has 0 aromatic heterocycles. The van der Waals surface area contributed by atoms with Crippen LogP contribution in [0.4, 0.5) is 0 Å². The highest BCUT2D eigenvalue weighted by molar-refractivity contribution is 6.30. The lowest BCUT2D eigenvalue weighted by Gasteiger charge is -2.12. The number of ether oxygens (including phenoxy) is 5. The summed E-state index contributed by atoms with van der Waals surface area (Å²) in [5.41, 5.74) is 8.44. The van der Waals surface area contributed by atoms with Crippen LogP contribution < -0.4 is 14.2 Å². The van der Waals surface area contributed by atoms with Gasteiger partial charge < -0.3 is 33.9 Å². The SMILES string of the molecule is CC#C[C@@H](CC(=O)OC)c1ccc(O)cc1.CC#C[C@@H](CC(=O)OC)c1ccc(OCc2ccc3c(c2)C[C@@H](c2ccc(Cl)cc2)O3)cc1.OCc1ccc2c(c1)C[C@@H](c1ccc(Cl)cc1)O2. The molecule has 0 fully saturated rings. The number of aliphatic hydroxyl groups excluding tert-OH is 1. The normalized spacial score (nSPS) is 14.7. The fourth-order valence-corrected chi connectivity index (χ4v) is 7.79. The number of aromatic hydroxyl groups is 1. The summed E-state index contributed by atoms with van der Waals surface area (Å²) >= 11 is 11.9. The van der Waals surface area contributed by atoms with Gasteiger partial charge in [0.2, 0.25) is 0 Å². The molecule has 8 rings (SSSR count). The van der Waals surface area contributed by atoms with Crippen molar-refractivity contribution in [1.82, 2.24) is 0 Å². The van der Waals surface area contributed by atoms with Gasteiger partial charge in [-0.15, -0.1) is 11.8 Å². The lowest BCUT2D eigenvalue weighted by Crippen LogP contribution is -2.07. The van der Waals surface area contributed by atoms with Gasteiger partial charge in [-0.2, -0.15) is 0 Å². The zero-order valence-corrected chi connectivity index (χ0v) is 39.3.